The second-order valence-electron chi connectivity index (χ2n) is 4.10. The zero-order chi connectivity index (χ0) is 14.7. The molecule has 0 fully saturated rings. The van der Waals surface area contributed by atoms with Crippen LogP contribution in [0.15, 0.2) is 51.1 Å². The molecule has 2 aromatic heterocycles. The van der Waals surface area contributed by atoms with Crippen LogP contribution >= 0.6 is 23.1 Å². The van der Waals surface area contributed by atoms with Gasteiger partial charge in [0.15, 0.2) is 0 Å². The highest BCUT2D eigenvalue weighted by Gasteiger charge is 2.10. The molecule has 1 N–H and O–H groups in total. The van der Waals surface area contributed by atoms with Crippen molar-refractivity contribution in [2.24, 2.45) is 0 Å². The van der Waals surface area contributed by atoms with Crippen LogP contribution in [0, 0.1) is 0 Å². The van der Waals surface area contributed by atoms with Crippen molar-refractivity contribution >= 4 is 29.1 Å². The second-order valence-corrected chi connectivity index (χ2v) is 6.10. The fraction of sp³-hybridized carbons (Fsp3) is 0.0714. The lowest BCUT2D eigenvalue weighted by Gasteiger charge is -2.00. The maximum absolute atomic E-state index is 10.9. The largest absolute Gasteiger partial charge is 0.478 e. The molecule has 3 aromatic rings. The molecule has 0 aliphatic rings. The summed E-state index contributed by atoms with van der Waals surface area (Å²) >= 11 is 3.00. The van der Waals surface area contributed by atoms with Crippen molar-refractivity contribution < 1.29 is 14.3 Å². The van der Waals surface area contributed by atoms with Gasteiger partial charge < -0.3 is 9.52 Å². The molecule has 2 heterocycles. The number of aromatic carboxylic acids is 1. The van der Waals surface area contributed by atoms with Crippen molar-refractivity contribution in [3.63, 3.8) is 0 Å². The Bertz CT molecular complexity index is 753. The standard InChI is InChI=1S/C14H10N2O3S2/c17-14(18)9-3-1-4-10(7-9)21-8-12-15-16-13(19-12)11-5-2-6-20-11/h1-7H,8H2,(H,17,18). The van der Waals surface area contributed by atoms with Gasteiger partial charge in [0.25, 0.3) is 5.89 Å². The zero-order valence-corrected chi connectivity index (χ0v) is 12.4. The minimum Gasteiger partial charge on any atom is -0.478 e. The number of carboxylic acid groups (broad SMARTS) is 1. The highest BCUT2D eigenvalue weighted by Crippen LogP contribution is 2.27. The van der Waals surface area contributed by atoms with Crippen LogP contribution in [-0.4, -0.2) is 21.3 Å². The van der Waals surface area contributed by atoms with E-state index in [0.717, 1.165) is 9.77 Å². The Balaban J connectivity index is 1.68. The van der Waals surface area contributed by atoms with Crippen molar-refractivity contribution in [1.82, 2.24) is 10.2 Å². The molecule has 0 aliphatic carbocycles. The van der Waals surface area contributed by atoms with E-state index in [4.69, 9.17) is 9.52 Å². The summed E-state index contributed by atoms with van der Waals surface area (Å²) in [6.45, 7) is 0. The molecule has 106 valence electrons. The summed E-state index contributed by atoms with van der Waals surface area (Å²) in [5.74, 6) is 0.598. The van der Waals surface area contributed by atoms with Crippen LogP contribution in [0.2, 0.25) is 0 Å². The quantitative estimate of drug-likeness (QED) is 0.721. The Morgan fingerprint density at radius 1 is 1.29 bits per heavy atom. The van der Waals surface area contributed by atoms with Crippen LogP contribution in [0.4, 0.5) is 0 Å². The van der Waals surface area contributed by atoms with Crippen LogP contribution in [0.3, 0.4) is 0 Å². The van der Waals surface area contributed by atoms with E-state index in [0.29, 0.717) is 17.5 Å². The first-order chi connectivity index (χ1) is 10.2. The zero-order valence-electron chi connectivity index (χ0n) is 10.7. The highest BCUT2D eigenvalue weighted by atomic mass is 32.2. The van der Waals surface area contributed by atoms with Gasteiger partial charge in [-0.1, -0.05) is 12.1 Å². The van der Waals surface area contributed by atoms with Gasteiger partial charge in [0, 0.05) is 4.90 Å². The normalized spacial score (nSPS) is 10.7. The molecule has 3 rings (SSSR count). The van der Waals surface area contributed by atoms with Gasteiger partial charge in [-0.25, -0.2) is 4.79 Å². The van der Waals surface area contributed by atoms with Gasteiger partial charge in [-0.3, -0.25) is 0 Å². The van der Waals surface area contributed by atoms with Crippen molar-refractivity contribution in [1.29, 1.82) is 0 Å². The molecule has 0 aliphatic heterocycles. The fourth-order valence-electron chi connectivity index (χ4n) is 1.68. The number of thioether (sulfide) groups is 1. The van der Waals surface area contributed by atoms with Gasteiger partial charge in [0.05, 0.1) is 16.2 Å². The predicted molar refractivity (Wildman–Crippen MR) is 80.6 cm³/mol. The molecule has 0 radical (unpaired) electrons. The average Bonchev–Trinajstić information content (AvgIpc) is 3.16. The summed E-state index contributed by atoms with van der Waals surface area (Å²) in [6.07, 6.45) is 0. The SMILES string of the molecule is O=C(O)c1cccc(SCc2nnc(-c3cccs3)o2)c1. The lowest BCUT2D eigenvalue weighted by molar-refractivity contribution is 0.0696. The van der Waals surface area contributed by atoms with Crippen LogP contribution in [0.5, 0.6) is 0 Å². The van der Waals surface area contributed by atoms with Crippen LogP contribution in [0.25, 0.3) is 10.8 Å². The number of rotatable bonds is 5. The molecule has 5 nitrogen and oxygen atoms in total. The number of carboxylic acids is 1. The topological polar surface area (TPSA) is 76.2 Å². The number of nitrogens with zero attached hydrogens (tertiary/aromatic N) is 2. The van der Waals surface area contributed by atoms with E-state index in [1.807, 2.05) is 23.6 Å². The first-order valence-corrected chi connectivity index (χ1v) is 7.91. The molecular weight excluding hydrogens is 308 g/mol. The van der Waals surface area contributed by atoms with E-state index in [2.05, 4.69) is 10.2 Å². The Hall–Kier alpha value is -2.12. The number of thiophene rings is 1. The summed E-state index contributed by atoms with van der Waals surface area (Å²) in [6, 6.07) is 10.6. The van der Waals surface area contributed by atoms with Crippen molar-refractivity contribution in [2.45, 2.75) is 10.6 Å². The fourth-order valence-corrected chi connectivity index (χ4v) is 3.11. The number of benzene rings is 1. The van der Waals surface area contributed by atoms with Gasteiger partial charge in [-0.2, -0.15) is 0 Å². The first kappa shape index (κ1) is 13.8. The number of hydrogen-bond donors (Lipinski definition) is 1. The third kappa shape index (κ3) is 3.32. The van der Waals surface area contributed by atoms with Gasteiger partial charge in [0.2, 0.25) is 5.89 Å². The smallest absolute Gasteiger partial charge is 0.335 e. The van der Waals surface area contributed by atoms with Crippen LogP contribution in [-0.2, 0) is 5.75 Å². The van der Waals surface area contributed by atoms with E-state index in [-0.39, 0.29) is 5.56 Å². The Morgan fingerprint density at radius 2 is 2.19 bits per heavy atom. The predicted octanol–water partition coefficient (Wildman–Crippen LogP) is 3.79. The molecule has 0 spiro atoms. The lowest BCUT2D eigenvalue weighted by Crippen LogP contribution is -1.95. The Labute approximate surface area is 128 Å². The summed E-state index contributed by atoms with van der Waals surface area (Å²) in [5, 5.41) is 18.9. The van der Waals surface area contributed by atoms with Crippen LogP contribution < -0.4 is 0 Å². The molecule has 0 saturated carbocycles. The van der Waals surface area contributed by atoms with Crippen molar-refractivity contribution in [3.8, 4) is 10.8 Å². The molecular formula is C14H10N2O3S2. The molecule has 0 saturated heterocycles. The van der Waals surface area contributed by atoms with Crippen LogP contribution in [0.1, 0.15) is 16.2 Å². The molecule has 0 unspecified atom stereocenters. The van der Waals surface area contributed by atoms with Gasteiger partial charge in [-0.05, 0) is 29.6 Å². The van der Waals surface area contributed by atoms with Crippen molar-refractivity contribution in [3.05, 3.63) is 53.2 Å². The minimum atomic E-state index is -0.935. The summed E-state index contributed by atoms with van der Waals surface area (Å²) in [7, 11) is 0. The summed E-state index contributed by atoms with van der Waals surface area (Å²) in [5.41, 5.74) is 0.268. The minimum absolute atomic E-state index is 0.268. The van der Waals surface area contributed by atoms with E-state index in [1.165, 1.54) is 11.8 Å². The first-order valence-electron chi connectivity index (χ1n) is 6.05. The summed E-state index contributed by atoms with van der Waals surface area (Å²) in [4.78, 5) is 12.7. The lowest BCUT2D eigenvalue weighted by atomic mass is 10.2. The third-order valence-electron chi connectivity index (χ3n) is 2.64. The van der Waals surface area contributed by atoms with E-state index >= 15 is 0 Å². The number of hydrogen-bond acceptors (Lipinski definition) is 6. The Morgan fingerprint density at radius 3 is 2.95 bits per heavy atom. The van der Waals surface area contributed by atoms with Gasteiger partial charge >= 0.3 is 5.97 Å². The number of carbonyl (C=O) groups is 1. The monoisotopic (exact) mass is 318 g/mol. The maximum atomic E-state index is 10.9. The average molecular weight is 318 g/mol. The van der Waals surface area contributed by atoms with Crippen molar-refractivity contribution in [2.75, 3.05) is 0 Å². The van der Waals surface area contributed by atoms with E-state index < -0.39 is 5.97 Å². The molecule has 0 amide bonds. The molecule has 0 bridgehead atoms. The molecule has 0 atom stereocenters. The highest BCUT2D eigenvalue weighted by molar-refractivity contribution is 7.98. The molecule has 21 heavy (non-hydrogen) atoms. The van der Waals surface area contributed by atoms with Gasteiger partial charge in [-0.15, -0.1) is 33.3 Å². The third-order valence-corrected chi connectivity index (χ3v) is 4.48. The van der Waals surface area contributed by atoms with E-state index in [9.17, 15) is 4.79 Å². The second kappa shape index (κ2) is 6.11. The summed E-state index contributed by atoms with van der Waals surface area (Å²) < 4.78 is 5.58. The molecule has 7 heteroatoms. The Kier molecular flexibility index (Phi) is 4.03. The maximum Gasteiger partial charge on any atom is 0.335 e. The number of aromatic nitrogens is 2. The van der Waals surface area contributed by atoms with E-state index in [1.54, 1.807) is 29.5 Å². The molecule has 1 aromatic carbocycles. The van der Waals surface area contributed by atoms with Gasteiger partial charge in [0.1, 0.15) is 0 Å².